The molecule has 2 aromatic rings. The summed E-state index contributed by atoms with van der Waals surface area (Å²) in [7, 11) is 0. The molecule has 82 valence electrons. The van der Waals surface area contributed by atoms with Gasteiger partial charge in [0.2, 0.25) is 0 Å². The lowest BCUT2D eigenvalue weighted by molar-refractivity contribution is 0.0697. The van der Waals surface area contributed by atoms with Crippen molar-refractivity contribution in [2.24, 2.45) is 0 Å². The number of aromatic nitrogens is 2. The highest BCUT2D eigenvalue weighted by atomic mass is 35.5. The van der Waals surface area contributed by atoms with Gasteiger partial charge in [0.25, 0.3) is 5.89 Å². The SMILES string of the molecule is Cc1noc(-c2ccc(Cl)cc2C(=O)O)n1. The van der Waals surface area contributed by atoms with Crippen molar-refractivity contribution in [3.63, 3.8) is 0 Å². The van der Waals surface area contributed by atoms with E-state index in [9.17, 15) is 4.79 Å². The van der Waals surface area contributed by atoms with Crippen molar-refractivity contribution < 1.29 is 14.4 Å². The number of benzene rings is 1. The highest BCUT2D eigenvalue weighted by molar-refractivity contribution is 6.31. The largest absolute Gasteiger partial charge is 0.478 e. The van der Waals surface area contributed by atoms with E-state index in [1.807, 2.05) is 0 Å². The lowest BCUT2D eigenvalue weighted by atomic mass is 10.1. The molecule has 0 saturated heterocycles. The minimum atomic E-state index is -1.09. The second-order valence-electron chi connectivity index (χ2n) is 3.14. The molecule has 6 heteroatoms. The number of carboxylic acid groups (broad SMARTS) is 1. The maximum Gasteiger partial charge on any atom is 0.336 e. The fraction of sp³-hybridized carbons (Fsp3) is 0.100. The Labute approximate surface area is 95.7 Å². The van der Waals surface area contributed by atoms with Gasteiger partial charge < -0.3 is 9.63 Å². The van der Waals surface area contributed by atoms with Gasteiger partial charge in [-0.2, -0.15) is 4.98 Å². The van der Waals surface area contributed by atoms with Crippen molar-refractivity contribution in [3.05, 3.63) is 34.6 Å². The average molecular weight is 239 g/mol. The van der Waals surface area contributed by atoms with Crippen LogP contribution in [0.15, 0.2) is 22.7 Å². The lowest BCUT2D eigenvalue weighted by Gasteiger charge is -2.01. The number of rotatable bonds is 2. The van der Waals surface area contributed by atoms with Crippen molar-refractivity contribution in [2.75, 3.05) is 0 Å². The van der Waals surface area contributed by atoms with Gasteiger partial charge in [-0.3, -0.25) is 0 Å². The Morgan fingerprint density at radius 1 is 1.50 bits per heavy atom. The summed E-state index contributed by atoms with van der Waals surface area (Å²) < 4.78 is 4.91. The molecule has 1 N–H and O–H groups in total. The number of hydrogen-bond donors (Lipinski definition) is 1. The first-order valence-electron chi connectivity index (χ1n) is 4.41. The van der Waals surface area contributed by atoms with Crippen LogP contribution in [0.4, 0.5) is 0 Å². The summed E-state index contributed by atoms with van der Waals surface area (Å²) in [5.41, 5.74) is 0.397. The summed E-state index contributed by atoms with van der Waals surface area (Å²) in [5.74, 6) is -0.471. The predicted octanol–water partition coefficient (Wildman–Crippen LogP) is 2.40. The number of carbonyl (C=O) groups is 1. The van der Waals surface area contributed by atoms with E-state index in [0.29, 0.717) is 16.4 Å². The van der Waals surface area contributed by atoms with Crippen LogP contribution in [0.3, 0.4) is 0 Å². The summed E-state index contributed by atoms with van der Waals surface area (Å²) in [6.07, 6.45) is 0. The predicted molar refractivity (Wildman–Crippen MR) is 56.4 cm³/mol. The molecule has 5 nitrogen and oxygen atoms in total. The van der Waals surface area contributed by atoms with Gasteiger partial charge in [0.1, 0.15) is 0 Å². The Balaban J connectivity index is 2.60. The molecule has 0 saturated carbocycles. The van der Waals surface area contributed by atoms with E-state index >= 15 is 0 Å². The van der Waals surface area contributed by atoms with E-state index in [4.69, 9.17) is 21.2 Å². The topological polar surface area (TPSA) is 76.2 Å². The molecule has 0 aliphatic carbocycles. The van der Waals surface area contributed by atoms with Crippen LogP contribution in [0.5, 0.6) is 0 Å². The molecule has 1 heterocycles. The molecule has 0 atom stereocenters. The van der Waals surface area contributed by atoms with E-state index in [1.54, 1.807) is 19.1 Å². The number of aryl methyl sites for hydroxylation is 1. The van der Waals surface area contributed by atoms with Gasteiger partial charge in [-0.15, -0.1) is 0 Å². The number of carboxylic acids is 1. The van der Waals surface area contributed by atoms with Gasteiger partial charge >= 0.3 is 5.97 Å². The number of halogens is 1. The van der Waals surface area contributed by atoms with Crippen LogP contribution in [0, 0.1) is 6.92 Å². The van der Waals surface area contributed by atoms with E-state index < -0.39 is 5.97 Å². The van der Waals surface area contributed by atoms with Crippen molar-refractivity contribution >= 4 is 17.6 Å². The molecule has 0 aliphatic heterocycles. The molecule has 0 bridgehead atoms. The number of nitrogens with zero attached hydrogens (tertiary/aromatic N) is 2. The number of aromatic carboxylic acids is 1. The third-order valence-electron chi connectivity index (χ3n) is 1.97. The van der Waals surface area contributed by atoms with Gasteiger partial charge in [-0.05, 0) is 25.1 Å². The summed E-state index contributed by atoms with van der Waals surface area (Å²) in [6, 6.07) is 4.46. The third kappa shape index (κ3) is 1.90. The average Bonchev–Trinajstić information content (AvgIpc) is 2.64. The normalized spacial score (nSPS) is 10.4. The van der Waals surface area contributed by atoms with E-state index in [-0.39, 0.29) is 11.5 Å². The molecule has 0 aliphatic rings. The van der Waals surface area contributed by atoms with Crippen LogP contribution in [-0.2, 0) is 0 Å². The first kappa shape index (κ1) is 10.6. The maximum atomic E-state index is 11.0. The molecule has 0 fully saturated rings. The zero-order chi connectivity index (χ0) is 11.7. The molecule has 16 heavy (non-hydrogen) atoms. The van der Waals surface area contributed by atoms with E-state index in [2.05, 4.69) is 10.1 Å². The minimum Gasteiger partial charge on any atom is -0.478 e. The molecular formula is C10H7ClN2O3. The van der Waals surface area contributed by atoms with Crippen molar-refractivity contribution in [3.8, 4) is 11.5 Å². The van der Waals surface area contributed by atoms with Gasteiger partial charge in [-0.1, -0.05) is 16.8 Å². The Morgan fingerprint density at radius 3 is 2.81 bits per heavy atom. The quantitative estimate of drug-likeness (QED) is 0.869. The smallest absolute Gasteiger partial charge is 0.336 e. The standard InChI is InChI=1S/C10H7ClN2O3/c1-5-12-9(16-13-5)7-3-2-6(11)4-8(7)10(14)15/h2-4H,1H3,(H,14,15). The summed E-state index contributed by atoms with van der Waals surface area (Å²) in [4.78, 5) is 15.0. The Kier molecular flexibility index (Phi) is 2.62. The lowest BCUT2D eigenvalue weighted by Crippen LogP contribution is -1.99. The minimum absolute atomic E-state index is 0.0381. The van der Waals surface area contributed by atoms with Gasteiger partial charge in [-0.25, -0.2) is 4.79 Å². The highest BCUT2D eigenvalue weighted by Gasteiger charge is 2.16. The van der Waals surface area contributed by atoms with Crippen LogP contribution in [-0.4, -0.2) is 21.2 Å². The Bertz CT molecular complexity index is 551. The zero-order valence-electron chi connectivity index (χ0n) is 8.27. The first-order chi connectivity index (χ1) is 7.58. The van der Waals surface area contributed by atoms with Gasteiger partial charge in [0.15, 0.2) is 5.82 Å². The summed E-state index contributed by atoms with van der Waals surface area (Å²) >= 11 is 5.72. The van der Waals surface area contributed by atoms with Crippen molar-refractivity contribution in [1.82, 2.24) is 10.1 Å². The van der Waals surface area contributed by atoms with Crippen LogP contribution < -0.4 is 0 Å². The second-order valence-corrected chi connectivity index (χ2v) is 3.58. The Hall–Kier alpha value is -1.88. The molecule has 1 aromatic carbocycles. The molecule has 0 spiro atoms. The fourth-order valence-electron chi connectivity index (χ4n) is 1.29. The molecule has 2 rings (SSSR count). The fourth-order valence-corrected chi connectivity index (χ4v) is 1.46. The maximum absolute atomic E-state index is 11.0. The van der Waals surface area contributed by atoms with Crippen molar-refractivity contribution in [1.29, 1.82) is 0 Å². The van der Waals surface area contributed by atoms with Gasteiger partial charge in [0, 0.05) is 5.02 Å². The number of hydrogen-bond acceptors (Lipinski definition) is 4. The second kappa shape index (κ2) is 3.94. The monoisotopic (exact) mass is 238 g/mol. The highest BCUT2D eigenvalue weighted by Crippen LogP contribution is 2.25. The molecular weight excluding hydrogens is 232 g/mol. The summed E-state index contributed by atoms with van der Waals surface area (Å²) in [6.45, 7) is 1.66. The molecule has 0 amide bonds. The van der Waals surface area contributed by atoms with Crippen LogP contribution in [0.1, 0.15) is 16.2 Å². The van der Waals surface area contributed by atoms with Gasteiger partial charge in [0.05, 0.1) is 11.1 Å². The Morgan fingerprint density at radius 2 is 2.25 bits per heavy atom. The molecule has 1 aromatic heterocycles. The van der Waals surface area contributed by atoms with Crippen LogP contribution in [0.25, 0.3) is 11.5 Å². The first-order valence-corrected chi connectivity index (χ1v) is 4.79. The van der Waals surface area contributed by atoms with Crippen LogP contribution in [0.2, 0.25) is 5.02 Å². The third-order valence-corrected chi connectivity index (χ3v) is 2.21. The van der Waals surface area contributed by atoms with Crippen molar-refractivity contribution in [2.45, 2.75) is 6.92 Å². The van der Waals surface area contributed by atoms with E-state index in [0.717, 1.165) is 0 Å². The molecule has 0 unspecified atom stereocenters. The van der Waals surface area contributed by atoms with E-state index in [1.165, 1.54) is 6.07 Å². The van der Waals surface area contributed by atoms with Crippen LogP contribution >= 0.6 is 11.6 Å². The zero-order valence-corrected chi connectivity index (χ0v) is 9.02. The molecule has 0 radical (unpaired) electrons. The summed E-state index contributed by atoms with van der Waals surface area (Å²) in [5, 5.41) is 13.0.